The quantitative estimate of drug-likeness (QED) is 0.457. The van der Waals surface area contributed by atoms with Crippen molar-refractivity contribution in [1.29, 1.82) is 0 Å². The van der Waals surface area contributed by atoms with Crippen LogP contribution in [-0.2, 0) is 32.6 Å². The summed E-state index contributed by atoms with van der Waals surface area (Å²) in [5.74, 6) is 0. The Morgan fingerprint density at radius 3 is 2.36 bits per heavy atom. The van der Waals surface area contributed by atoms with Gasteiger partial charge in [-0.1, -0.05) is 13.0 Å². The average molecular weight is 394 g/mol. The summed E-state index contributed by atoms with van der Waals surface area (Å²) in [7, 11) is 0. The topological polar surface area (TPSA) is 0 Å². The van der Waals surface area contributed by atoms with Gasteiger partial charge < -0.3 is 34.0 Å². The maximum atomic E-state index is 2.26. The van der Waals surface area contributed by atoms with E-state index >= 15 is 0 Å². The van der Waals surface area contributed by atoms with Crippen molar-refractivity contribution < 1.29 is 60.2 Å². The van der Waals surface area contributed by atoms with E-state index in [0.717, 1.165) is 6.42 Å². The van der Waals surface area contributed by atoms with E-state index in [-0.39, 0.29) is 60.2 Å². The molecular formula is C11H11Br2Zr. The fraction of sp³-hybridized carbons (Fsp3) is 0.182. The smallest absolute Gasteiger partial charge is 1.00 e. The Kier molecular flexibility index (Phi) is 9.64. The summed E-state index contributed by atoms with van der Waals surface area (Å²) in [5, 5.41) is 2.73. The minimum atomic E-state index is 0. The third-order valence-corrected chi connectivity index (χ3v) is 2.09. The molecule has 0 saturated carbocycles. The van der Waals surface area contributed by atoms with E-state index in [1.165, 1.54) is 16.3 Å². The van der Waals surface area contributed by atoms with Gasteiger partial charge in [-0.15, -0.1) is 40.6 Å². The molecule has 0 unspecified atom stereocenters. The molecule has 0 spiro atoms. The van der Waals surface area contributed by atoms with Crippen LogP contribution in [-0.4, -0.2) is 0 Å². The molecule has 0 bridgehead atoms. The van der Waals surface area contributed by atoms with Crippen molar-refractivity contribution in [2.24, 2.45) is 0 Å². The zero-order valence-electron chi connectivity index (χ0n) is 7.93. The molecule has 73 valence electrons. The average Bonchev–Trinajstić information content (AvgIpc) is 2.46. The summed E-state index contributed by atoms with van der Waals surface area (Å²) in [5.41, 5.74) is 1.44. The van der Waals surface area contributed by atoms with Gasteiger partial charge in [0.25, 0.3) is 0 Å². The molecule has 2 aromatic rings. The largest absolute Gasteiger partial charge is 3.00 e. The van der Waals surface area contributed by atoms with Gasteiger partial charge in [0, 0.05) is 0 Å². The minimum Gasteiger partial charge on any atom is -1.00 e. The van der Waals surface area contributed by atoms with Gasteiger partial charge in [0.1, 0.15) is 0 Å². The third kappa shape index (κ3) is 3.68. The minimum absolute atomic E-state index is 0. The second kappa shape index (κ2) is 7.90. The number of halogens is 2. The molecule has 0 N–H and O–H groups in total. The fourth-order valence-corrected chi connectivity index (χ4v) is 1.42. The molecule has 0 aliphatic carbocycles. The molecule has 0 aromatic heterocycles. The molecule has 0 saturated heterocycles. The summed E-state index contributed by atoms with van der Waals surface area (Å²) in [6.45, 7) is 2.19. The van der Waals surface area contributed by atoms with Crippen LogP contribution in [0.3, 0.4) is 0 Å². The van der Waals surface area contributed by atoms with E-state index in [1.54, 1.807) is 0 Å². The summed E-state index contributed by atoms with van der Waals surface area (Å²) in [4.78, 5) is 0. The molecule has 1 radical (unpaired) electrons. The Balaban J connectivity index is 0. The normalized spacial score (nSPS) is 8.36. The number of rotatable bonds is 1. The van der Waals surface area contributed by atoms with Gasteiger partial charge in [0.15, 0.2) is 0 Å². The number of hydrogen-bond acceptors (Lipinski definition) is 0. The van der Waals surface area contributed by atoms with Crippen molar-refractivity contribution in [2.45, 2.75) is 13.3 Å². The Morgan fingerprint density at radius 2 is 1.79 bits per heavy atom. The molecule has 14 heavy (non-hydrogen) atoms. The molecule has 0 nitrogen and oxygen atoms in total. The first-order chi connectivity index (χ1) is 5.40. The van der Waals surface area contributed by atoms with Crippen LogP contribution in [0.2, 0.25) is 0 Å². The van der Waals surface area contributed by atoms with E-state index in [2.05, 4.69) is 43.3 Å². The van der Waals surface area contributed by atoms with E-state index in [0.29, 0.717) is 0 Å². The zero-order chi connectivity index (χ0) is 7.68. The summed E-state index contributed by atoms with van der Waals surface area (Å²) >= 11 is 0. The Morgan fingerprint density at radius 1 is 1.14 bits per heavy atom. The molecule has 0 aliphatic rings. The van der Waals surface area contributed by atoms with Gasteiger partial charge in [-0.25, -0.2) is 0 Å². The number of hydrogen-bond donors (Lipinski definition) is 0. The summed E-state index contributed by atoms with van der Waals surface area (Å²) in [6, 6.07) is 13.0. The van der Waals surface area contributed by atoms with Crippen molar-refractivity contribution in [1.82, 2.24) is 0 Å². The fourth-order valence-electron chi connectivity index (χ4n) is 1.42. The SMILES string of the molecule is CCc1cc2ccccc2[cH-]1.[Br-].[Br-].[Zr+3]. The van der Waals surface area contributed by atoms with Gasteiger partial charge in [-0.3, -0.25) is 0 Å². The Hall–Kier alpha value is 0.673. The monoisotopic (exact) mass is 391 g/mol. The molecule has 0 aliphatic heterocycles. The second-order valence-corrected chi connectivity index (χ2v) is 2.85. The second-order valence-electron chi connectivity index (χ2n) is 2.85. The van der Waals surface area contributed by atoms with Crippen molar-refractivity contribution in [3.8, 4) is 0 Å². The van der Waals surface area contributed by atoms with Crippen LogP contribution >= 0.6 is 0 Å². The van der Waals surface area contributed by atoms with Crippen LogP contribution < -0.4 is 34.0 Å². The summed E-state index contributed by atoms with van der Waals surface area (Å²) in [6.07, 6.45) is 1.13. The number of aryl methyl sites for hydroxylation is 1. The number of benzene rings is 1. The first-order valence-corrected chi connectivity index (χ1v) is 4.04. The van der Waals surface area contributed by atoms with Crippen LogP contribution in [0.1, 0.15) is 12.5 Å². The maximum absolute atomic E-state index is 2.26. The van der Waals surface area contributed by atoms with Crippen molar-refractivity contribution in [2.75, 3.05) is 0 Å². The van der Waals surface area contributed by atoms with E-state index < -0.39 is 0 Å². The summed E-state index contributed by atoms with van der Waals surface area (Å²) < 4.78 is 0. The Bertz CT molecular complexity index is 335. The molecule has 0 fully saturated rings. The third-order valence-electron chi connectivity index (χ3n) is 2.09. The van der Waals surface area contributed by atoms with Crippen LogP contribution in [0, 0.1) is 0 Å². The van der Waals surface area contributed by atoms with Gasteiger partial charge in [-0.2, -0.15) is 6.07 Å². The van der Waals surface area contributed by atoms with Crippen LogP contribution in [0.4, 0.5) is 0 Å². The van der Waals surface area contributed by atoms with Gasteiger partial charge in [0.05, 0.1) is 0 Å². The first kappa shape index (κ1) is 17.1. The predicted octanol–water partition coefficient (Wildman–Crippen LogP) is -2.87. The van der Waals surface area contributed by atoms with Crippen molar-refractivity contribution in [3.05, 3.63) is 42.0 Å². The molecule has 2 rings (SSSR count). The maximum Gasteiger partial charge on any atom is 3.00 e. The number of fused-ring (bicyclic) bond motifs is 1. The molecule has 0 atom stereocenters. The van der Waals surface area contributed by atoms with E-state index in [4.69, 9.17) is 0 Å². The standard InChI is InChI=1S/C11H11.2BrH.Zr/c1-2-9-7-10-5-3-4-6-11(10)8-9;;;/h3-8H,2H2,1H3;2*1H;/q-1;;;+3/p-2. The van der Waals surface area contributed by atoms with Crippen molar-refractivity contribution in [3.63, 3.8) is 0 Å². The first-order valence-electron chi connectivity index (χ1n) is 4.04. The molecule has 0 amide bonds. The van der Waals surface area contributed by atoms with Gasteiger partial charge in [-0.05, 0) is 6.42 Å². The molecular weight excluding hydrogens is 383 g/mol. The molecule has 2 aromatic carbocycles. The molecule has 3 heteroatoms. The van der Waals surface area contributed by atoms with Crippen LogP contribution in [0.5, 0.6) is 0 Å². The zero-order valence-corrected chi connectivity index (χ0v) is 13.6. The van der Waals surface area contributed by atoms with Gasteiger partial charge in [0.2, 0.25) is 0 Å². The van der Waals surface area contributed by atoms with Gasteiger partial charge >= 0.3 is 26.2 Å². The van der Waals surface area contributed by atoms with Crippen molar-refractivity contribution >= 4 is 10.8 Å². The van der Waals surface area contributed by atoms with E-state index in [9.17, 15) is 0 Å². The predicted molar refractivity (Wildman–Crippen MR) is 48.9 cm³/mol. The molecule has 0 heterocycles. The van der Waals surface area contributed by atoms with Crippen LogP contribution in [0.15, 0.2) is 36.4 Å². The van der Waals surface area contributed by atoms with Crippen LogP contribution in [0.25, 0.3) is 10.8 Å². The Labute approximate surface area is 125 Å². The van der Waals surface area contributed by atoms with E-state index in [1.807, 2.05) is 0 Å².